The molecule has 0 aromatic carbocycles. The van der Waals surface area contributed by atoms with Crippen LogP contribution in [0.15, 0.2) is 20.4 Å². The maximum atomic E-state index is 13.8. The summed E-state index contributed by atoms with van der Waals surface area (Å²) in [5.41, 5.74) is -7.85. The largest absolute Gasteiger partial charge is 0.432 e. The second-order valence-corrected chi connectivity index (χ2v) is 4.62. The average molecular weight is 340 g/mol. The first kappa shape index (κ1) is 16.0. The Labute approximate surface area is 123 Å². The van der Waals surface area contributed by atoms with Crippen molar-refractivity contribution in [1.29, 1.82) is 0 Å². The van der Waals surface area contributed by atoms with Crippen LogP contribution in [-0.2, 0) is 13.2 Å². The number of aromatic nitrogens is 3. The standard InChI is InChI=1S/C11H6ClF4N3O3/c1-19-7(11(14,15)16)5(9(21)18-10(19)22)6-4(13)2-3(12)8(20)17-6/h2H,1H3,(H,17,20)(H,18,21,22). The van der Waals surface area contributed by atoms with Crippen LogP contribution in [0.2, 0.25) is 5.02 Å². The van der Waals surface area contributed by atoms with E-state index >= 15 is 0 Å². The summed E-state index contributed by atoms with van der Waals surface area (Å²) in [4.78, 5) is 37.8. The Morgan fingerprint density at radius 1 is 1.14 bits per heavy atom. The van der Waals surface area contributed by atoms with Gasteiger partial charge in [0.2, 0.25) is 0 Å². The zero-order valence-corrected chi connectivity index (χ0v) is 11.4. The number of hydrogen-bond donors (Lipinski definition) is 2. The second-order valence-electron chi connectivity index (χ2n) is 4.21. The maximum Gasteiger partial charge on any atom is 0.432 e. The van der Waals surface area contributed by atoms with Gasteiger partial charge in [0.05, 0.1) is 11.3 Å². The molecule has 2 rings (SSSR count). The first-order valence-corrected chi connectivity index (χ1v) is 5.91. The van der Waals surface area contributed by atoms with Crippen molar-refractivity contribution < 1.29 is 17.6 Å². The van der Waals surface area contributed by atoms with Crippen LogP contribution < -0.4 is 16.8 Å². The highest BCUT2D eigenvalue weighted by Crippen LogP contribution is 2.34. The lowest BCUT2D eigenvalue weighted by molar-refractivity contribution is -0.143. The summed E-state index contributed by atoms with van der Waals surface area (Å²) in [6.07, 6.45) is -5.14. The molecule has 2 N–H and O–H groups in total. The van der Waals surface area contributed by atoms with Crippen molar-refractivity contribution in [3.8, 4) is 11.3 Å². The fourth-order valence-electron chi connectivity index (χ4n) is 1.85. The Bertz CT molecular complexity index is 926. The Morgan fingerprint density at radius 3 is 2.27 bits per heavy atom. The van der Waals surface area contributed by atoms with Gasteiger partial charge >= 0.3 is 11.9 Å². The smallest absolute Gasteiger partial charge is 0.318 e. The maximum absolute atomic E-state index is 13.8. The summed E-state index contributed by atoms with van der Waals surface area (Å²) in [5.74, 6) is -1.35. The molecular formula is C11H6ClF4N3O3. The van der Waals surface area contributed by atoms with Crippen LogP contribution in [0.1, 0.15) is 5.69 Å². The van der Waals surface area contributed by atoms with Gasteiger partial charge in [-0.3, -0.25) is 19.1 Å². The number of H-pyrrole nitrogens is 2. The normalized spacial score (nSPS) is 11.7. The molecule has 0 saturated heterocycles. The topological polar surface area (TPSA) is 87.7 Å². The second kappa shape index (κ2) is 5.13. The van der Waals surface area contributed by atoms with E-state index in [-0.39, 0.29) is 4.57 Å². The lowest BCUT2D eigenvalue weighted by Gasteiger charge is -2.15. The predicted octanol–water partition coefficient (Wildman–Crippen LogP) is 1.24. The van der Waals surface area contributed by atoms with E-state index in [4.69, 9.17) is 11.6 Å². The molecule has 2 aromatic heterocycles. The predicted molar refractivity (Wildman–Crippen MR) is 68.3 cm³/mol. The van der Waals surface area contributed by atoms with E-state index in [0.717, 1.165) is 7.05 Å². The summed E-state index contributed by atoms with van der Waals surface area (Å²) in [6.45, 7) is 0. The van der Waals surface area contributed by atoms with Crippen LogP contribution in [0.5, 0.6) is 0 Å². The Hall–Kier alpha value is -2.36. The molecule has 22 heavy (non-hydrogen) atoms. The number of hydrogen-bond acceptors (Lipinski definition) is 3. The molecule has 0 aliphatic rings. The van der Waals surface area contributed by atoms with E-state index in [1.807, 2.05) is 0 Å². The summed E-state index contributed by atoms with van der Waals surface area (Å²) < 4.78 is 53.3. The molecule has 2 heterocycles. The highest BCUT2D eigenvalue weighted by Gasteiger charge is 2.39. The molecule has 118 valence electrons. The highest BCUT2D eigenvalue weighted by atomic mass is 35.5. The molecule has 0 aliphatic carbocycles. The number of halogens is 5. The number of aromatic amines is 2. The van der Waals surface area contributed by atoms with E-state index < -0.39 is 50.8 Å². The summed E-state index contributed by atoms with van der Waals surface area (Å²) in [6, 6.07) is 0.473. The van der Waals surface area contributed by atoms with Crippen molar-refractivity contribution in [2.24, 2.45) is 7.05 Å². The molecule has 6 nitrogen and oxygen atoms in total. The van der Waals surface area contributed by atoms with Gasteiger partial charge in [-0.2, -0.15) is 13.2 Å². The van der Waals surface area contributed by atoms with Gasteiger partial charge < -0.3 is 4.98 Å². The minimum Gasteiger partial charge on any atom is -0.318 e. The molecule has 0 amide bonds. The lowest BCUT2D eigenvalue weighted by atomic mass is 10.1. The Morgan fingerprint density at radius 2 is 1.73 bits per heavy atom. The van der Waals surface area contributed by atoms with Crippen molar-refractivity contribution in [3.05, 3.63) is 53.8 Å². The fourth-order valence-corrected chi connectivity index (χ4v) is 1.99. The number of rotatable bonds is 1. The zero-order chi connectivity index (χ0) is 16.8. The first-order valence-electron chi connectivity index (χ1n) is 5.53. The van der Waals surface area contributed by atoms with Gasteiger partial charge in [0.1, 0.15) is 16.5 Å². The number of alkyl halides is 3. The molecule has 0 spiro atoms. The summed E-state index contributed by atoms with van der Waals surface area (Å²) in [5, 5.41) is -0.601. The molecule has 0 radical (unpaired) electrons. The molecule has 0 atom stereocenters. The summed E-state index contributed by atoms with van der Waals surface area (Å²) in [7, 11) is 0.747. The SMILES string of the molecule is Cn1c(C(F)(F)F)c(-c2[nH]c(=O)c(Cl)cc2F)c(=O)[nH]c1=O. The van der Waals surface area contributed by atoms with Crippen molar-refractivity contribution >= 4 is 11.6 Å². The van der Waals surface area contributed by atoms with E-state index in [1.54, 1.807) is 9.97 Å². The minimum atomic E-state index is -5.14. The van der Waals surface area contributed by atoms with Gasteiger partial charge in [-0.25, -0.2) is 9.18 Å². The third kappa shape index (κ3) is 2.56. The van der Waals surface area contributed by atoms with Crippen LogP contribution in [-0.4, -0.2) is 14.5 Å². The summed E-state index contributed by atoms with van der Waals surface area (Å²) >= 11 is 5.35. The molecule has 2 aromatic rings. The van der Waals surface area contributed by atoms with Crippen molar-refractivity contribution in [2.75, 3.05) is 0 Å². The monoisotopic (exact) mass is 339 g/mol. The van der Waals surface area contributed by atoms with Crippen LogP contribution in [0.4, 0.5) is 17.6 Å². The van der Waals surface area contributed by atoms with E-state index in [1.165, 1.54) is 0 Å². The van der Waals surface area contributed by atoms with Gasteiger partial charge in [0.25, 0.3) is 11.1 Å². The minimum absolute atomic E-state index is 0.100. The Balaban J connectivity index is 3.03. The molecule has 0 unspecified atom stereocenters. The molecule has 0 bridgehead atoms. The van der Waals surface area contributed by atoms with E-state index in [9.17, 15) is 31.9 Å². The van der Waals surface area contributed by atoms with Gasteiger partial charge in [-0.05, 0) is 0 Å². The number of nitrogens with one attached hydrogen (secondary N) is 2. The van der Waals surface area contributed by atoms with E-state index in [2.05, 4.69) is 0 Å². The number of nitrogens with zero attached hydrogens (tertiary/aromatic N) is 1. The molecule has 0 fully saturated rings. The highest BCUT2D eigenvalue weighted by molar-refractivity contribution is 6.30. The van der Waals surface area contributed by atoms with Crippen LogP contribution >= 0.6 is 11.6 Å². The van der Waals surface area contributed by atoms with Gasteiger partial charge in [0.15, 0.2) is 0 Å². The molecule has 11 heteroatoms. The van der Waals surface area contributed by atoms with Crippen LogP contribution in [0.25, 0.3) is 11.3 Å². The molecule has 0 aliphatic heterocycles. The average Bonchev–Trinajstić information content (AvgIpc) is 2.37. The first-order chi connectivity index (χ1) is 10.0. The van der Waals surface area contributed by atoms with Gasteiger partial charge in [-0.1, -0.05) is 11.6 Å². The zero-order valence-electron chi connectivity index (χ0n) is 10.6. The van der Waals surface area contributed by atoms with Crippen LogP contribution in [0, 0.1) is 5.82 Å². The Kier molecular flexibility index (Phi) is 3.73. The number of pyridine rings is 1. The van der Waals surface area contributed by atoms with Gasteiger partial charge in [0, 0.05) is 13.1 Å². The third-order valence-corrected chi connectivity index (χ3v) is 3.07. The van der Waals surface area contributed by atoms with Crippen molar-refractivity contribution in [3.63, 3.8) is 0 Å². The van der Waals surface area contributed by atoms with Crippen LogP contribution in [0.3, 0.4) is 0 Å². The van der Waals surface area contributed by atoms with E-state index in [0.29, 0.717) is 6.07 Å². The quantitative estimate of drug-likeness (QED) is 0.766. The molecular weight excluding hydrogens is 334 g/mol. The fraction of sp³-hybridized carbons (Fsp3) is 0.182. The van der Waals surface area contributed by atoms with Gasteiger partial charge in [-0.15, -0.1) is 0 Å². The third-order valence-electron chi connectivity index (χ3n) is 2.79. The molecule has 0 saturated carbocycles. The van der Waals surface area contributed by atoms with Crippen molar-refractivity contribution in [1.82, 2.24) is 14.5 Å². The van der Waals surface area contributed by atoms with Crippen molar-refractivity contribution in [2.45, 2.75) is 6.18 Å². The lowest BCUT2D eigenvalue weighted by Crippen LogP contribution is -2.36.